The number of aliphatic hydroxyl groups excluding tert-OH is 1. The van der Waals surface area contributed by atoms with Gasteiger partial charge in [0.15, 0.2) is 0 Å². The number of aliphatic hydroxyl groups is 1. The number of ether oxygens (including phenoxy) is 2. The van der Waals surface area contributed by atoms with Crippen molar-refractivity contribution in [2.24, 2.45) is 0 Å². The van der Waals surface area contributed by atoms with E-state index >= 15 is 0 Å². The molecule has 0 heterocycles. The van der Waals surface area contributed by atoms with Crippen molar-refractivity contribution in [2.45, 2.75) is 13.0 Å². The van der Waals surface area contributed by atoms with Crippen molar-refractivity contribution >= 4 is 11.4 Å². The molecule has 1 atom stereocenters. The first-order valence-electron chi connectivity index (χ1n) is 5.59. The Morgan fingerprint density at radius 3 is 2.76 bits per heavy atom. The molecule has 1 rings (SSSR count). The number of nitrogens with one attached hydrogen (secondary N) is 1. The number of hydrogen-bond donors (Lipinski definition) is 3. The fraction of sp³-hybridized carbons (Fsp3) is 0.500. The zero-order chi connectivity index (χ0) is 12.7. The largest absolute Gasteiger partial charge is 0.494 e. The van der Waals surface area contributed by atoms with E-state index in [9.17, 15) is 0 Å². The van der Waals surface area contributed by atoms with Gasteiger partial charge in [0, 0.05) is 30.6 Å². The van der Waals surface area contributed by atoms with Gasteiger partial charge in [-0.3, -0.25) is 0 Å². The molecule has 0 saturated carbocycles. The van der Waals surface area contributed by atoms with Crippen molar-refractivity contribution in [1.82, 2.24) is 0 Å². The molecule has 5 heteroatoms. The van der Waals surface area contributed by atoms with Gasteiger partial charge < -0.3 is 25.6 Å². The van der Waals surface area contributed by atoms with Crippen LogP contribution in [-0.2, 0) is 4.74 Å². The van der Waals surface area contributed by atoms with Crippen LogP contribution in [0.4, 0.5) is 11.4 Å². The van der Waals surface area contributed by atoms with E-state index in [1.807, 2.05) is 13.0 Å². The van der Waals surface area contributed by atoms with Crippen molar-refractivity contribution in [1.29, 1.82) is 0 Å². The molecule has 1 aromatic carbocycles. The minimum absolute atomic E-state index is 0.00733. The van der Waals surface area contributed by atoms with Gasteiger partial charge in [-0.05, 0) is 13.0 Å². The summed E-state index contributed by atoms with van der Waals surface area (Å²) in [6.07, 6.45) is 0. The van der Waals surface area contributed by atoms with Gasteiger partial charge in [-0.1, -0.05) is 0 Å². The number of benzene rings is 1. The first-order chi connectivity index (χ1) is 8.19. The van der Waals surface area contributed by atoms with Crippen LogP contribution in [0.3, 0.4) is 0 Å². The third-order valence-electron chi connectivity index (χ3n) is 2.20. The van der Waals surface area contributed by atoms with Gasteiger partial charge >= 0.3 is 0 Å². The van der Waals surface area contributed by atoms with E-state index in [1.54, 1.807) is 19.2 Å². The van der Waals surface area contributed by atoms with E-state index < -0.39 is 0 Å². The van der Waals surface area contributed by atoms with Crippen molar-refractivity contribution in [2.75, 3.05) is 38.0 Å². The van der Waals surface area contributed by atoms with Crippen LogP contribution in [0.1, 0.15) is 6.92 Å². The van der Waals surface area contributed by atoms with Gasteiger partial charge in [0.25, 0.3) is 0 Å². The summed E-state index contributed by atoms with van der Waals surface area (Å²) >= 11 is 0. The molecule has 1 unspecified atom stereocenters. The number of rotatable bonds is 7. The second-order valence-corrected chi connectivity index (χ2v) is 3.70. The smallest absolute Gasteiger partial charge is 0.123 e. The average Bonchev–Trinajstić information content (AvgIpc) is 2.28. The molecule has 4 N–H and O–H groups in total. The third kappa shape index (κ3) is 4.50. The Bertz CT molecular complexity index is 345. The Morgan fingerprint density at radius 2 is 2.18 bits per heavy atom. The summed E-state index contributed by atoms with van der Waals surface area (Å²) in [5.74, 6) is 0.712. The highest BCUT2D eigenvalue weighted by atomic mass is 16.5. The van der Waals surface area contributed by atoms with Crippen molar-refractivity contribution in [3.63, 3.8) is 0 Å². The SMILES string of the molecule is CCOc1cc(N)cc(NC(CO)COC)c1. The summed E-state index contributed by atoms with van der Waals surface area (Å²) in [5.41, 5.74) is 7.19. The molecule has 0 amide bonds. The molecule has 0 aliphatic rings. The summed E-state index contributed by atoms with van der Waals surface area (Å²) in [6.45, 7) is 2.92. The number of nitrogen functional groups attached to an aromatic ring is 1. The predicted octanol–water partition coefficient (Wildman–Crippen LogP) is 1.09. The maximum Gasteiger partial charge on any atom is 0.123 e. The minimum Gasteiger partial charge on any atom is -0.494 e. The standard InChI is InChI=1S/C12H20N2O3/c1-3-17-12-5-9(13)4-10(6-12)14-11(7-15)8-16-2/h4-6,11,14-15H,3,7-8,13H2,1-2H3. The Hall–Kier alpha value is -1.46. The van der Waals surface area contributed by atoms with Crippen molar-refractivity contribution < 1.29 is 14.6 Å². The van der Waals surface area contributed by atoms with Crippen LogP contribution in [0.25, 0.3) is 0 Å². The van der Waals surface area contributed by atoms with Gasteiger partial charge in [0.05, 0.1) is 25.9 Å². The summed E-state index contributed by atoms with van der Waals surface area (Å²) in [7, 11) is 1.59. The van der Waals surface area contributed by atoms with Gasteiger partial charge in [0.1, 0.15) is 5.75 Å². The molecule has 5 nitrogen and oxygen atoms in total. The Kier molecular flexibility index (Phi) is 5.59. The number of hydrogen-bond acceptors (Lipinski definition) is 5. The van der Waals surface area contributed by atoms with Crippen LogP contribution >= 0.6 is 0 Å². The lowest BCUT2D eigenvalue weighted by molar-refractivity contribution is 0.153. The Labute approximate surface area is 102 Å². The van der Waals surface area contributed by atoms with Crippen molar-refractivity contribution in [3.8, 4) is 5.75 Å². The van der Waals surface area contributed by atoms with Crippen LogP contribution in [0.5, 0.6) is 5.75 Å². The molecule has 0 saturated heterocycles. The fourth-order valence-corrected chi connectivity index (χ4v) is 1.53. The van der Waals surface area contributed by atoms with Gasteiger partial charge in [-0.2, -0.15) is 0 Å². The second kappa shape index (κ2) is 6.98. The molecule has 0 spiro atoms. The Morgan fingerprint density at radius 1 is 1.41 bits per heavy atom. The first kappa shape index (κ1) is 13.6. The highest BCUT2D eigenvalue weighted by Gasteiger charge is 2.08. The van der Waals surface area contributed by atoms with Gasteiger partial charge in [0.2, 0.25) is 0 Å². The molecular weight excluding hydrogens is 220 g/mol. The van der Waals surface area contributed by atoms with Gasteiger partial charge in [-0.25, -0.2) is 0 Å². The number of methoxy groups -OCH3 is 1. The molecule has 96 valence electrons. The zero-order valence-corrected chi connectivity index (χ0v) is 10.3. The summed E-state index contributed by atoms with van der Waals surface area (Å²) in [5, 5.41) is 12.3. The van der Waals surface area contributed by atoms with E-state index in [-0.39, 0.29) is 12.6 Å². The van der Waals surface area contributed by atoms with E-state index in [0.717, 1.165) is 5.69 Å². The van der Waals surface area contributed by atoms with E-state index in [1.165, 1.54) is 0 Å². The molecule has 0 bridgehead atoms. The Balaban J connectivity index is 2.75. The lowest BCUT2D eigenvalue weighted by atomic mass is 10.2. The van der Waals surface area contributed by atoms with Gasteiger partial charge in [-0.15, -0.1) is 0 Å². The molecular formula is C12H20N2O3. The number of nitrogens with two attached hydrogens (primary N) is 1. The second-order valence-electron chi connectivity index (χ2n) is 3.70. The molecule has 0 aromatic heterocycles. The summed E-state index contributed by atoms with van der Waals surface area (Å²) < 4.78 is 10.4. The highest BCUT2D eigenvalue weighted by molar-refractivity contribution is 5.59. The van der Waals surface area contributed by atoms with E-state index in [2.05, 4.69) is 5.32 Å². The summed E-state index contributed by atoms with van der Waals surface area (Å²) in [4.78, 5) is 0. The monoisotopic (exact) mass is 240 g/mol. The van der Waals surface area contributed by atoms with E-state index in [0.29, 0.717) is 24.7 Å². The lowest BCUT2D eigenvalue weighted by Gasteiger charge is -2.17. The maximum absolute atomic E-state index is 9.16. The van der Waals surface area contributed by atoms with Crippen LogP contribution in [-0.4, -0.2) is 38.1 Å². The molecule has 0 radical (unpaired) electrons. The molecule has 0 fully saturated rings. The van der Waals surface area contributed by atoms with E-state index in [4.69, 9.17) is 20.3 Å². The summed E-state index contributed by atoms with van der Waals surface area (Å²) in [6, 6.07) is 5.24. The molecule has 0 aliphatic carbocycles. The molecule has 0 aliphatic heterocycles. The van der Waals surface area contributed by atoms with Crippen LogP contribution < -0.4 is 15.8 Å². The quantitative estimate of drug-likeness (QED) is 0.622. The normalized spacial score (nSPS) is 12.2. The maximum atomic E-state index is 9.16. The van der Waals surface area contributed by atoms with Crippen LogP contribution in [0, 0.1) is 0 Å². The highest BCUT2D eigenvalue weighted by Crippen LogP contribution is 2.23. The predicted molar refractivity (Wildman–Crippen MR) is 68.4 cm³/mol. The molecule has 1 aromatic rings. The van der Waals surface area contributed by atoms with Crippen LogP contribution in [0.2, 0.25) is 0 Å². The zero-order valence-electron chi connectivity index (χ0n) is 10.3. The average molecular weight is 240 g/mol. The molecule has 17 heavy (non-hydrogen) atoms. The first-order valence-corrected chi connectivity index (χ1v) is 5.59. The number of anilines is 2. The topological polar surface area (TPSA) is 76.7 Å². The minimum atomic E-state index is -0.156. The third-order valence-corrected chi connectivity index (χ3v) is 2.20. The van der Waals surface area contributed by atoms with Crippen molar-refractivity contribution in [3.05, 3.63) is 18.2 Å². The fourth-order valence-electron chi connectivity index (χ4n) is 1.53. The van der Waals surface area contributed by atoms with Crippen LogP contribution in [0.15, 0.2) is 18.2 Å². The lowest BCUT2D eigenvalue weighted by Crippen LogP contribution is -2.28.